The quantitative estimate of drug-likeness (QED) is 0.612. The molecule has 0 spiro atoms. The summed E-state index contributed by atoms with van der Waals surface area (Å²) >= 11 is 3.39. The molecule has 0 N–H and O–H groups in total. The maximum Gasteiger partial charge on any atom is 0.318 e. The molecule has 0 saturated carbocycles. The summed E-state index contributed by atoms with van der Waals surface area (Å²) < 4.78 is 5.56. The van der Waals surface area contributed by atoms with Crippen molar-refractivity contribution in [2.75, 3.05) is 12.0 Å². The largest absolute Gasteiger partial charge is 0.468 e. The summed E-state index contributed by atoms with van der Waals surface area (Å²) in [6, 6.07) is 11.5. The topological polar surface area (TPSA) is 59.5 Å². The van der Waals surface area contributed by atoms with E-state index in [0.29, 0.717) is 6.54 Å². The number of esters is 1. The summed E-state index contributed by atoms with van der Waals surface area (Å²) in [4.78, 5) is 30.7. The van der Waals surface area contributed by atoms with Gasteiger partial charge in [0.2, 0.25) is 5.91 Å². The monoisotopic (exact) mass is 374 g/mol. The van der Waals surface area contributed by atoms with E-state index in [-0.39, 0.29) is 12.3 Å². The average Bonchev–Trinajstić information content (AvgIpc) is 2.57. The highest BCUT2D eigenvalue weighted by Crippen LogP contribution is 2.33. The number of hydrogen-bond donors (Lipinski definition) is 0. The highest BCUT2D eigenvalue weighted by molar-refractivity contribution is 9.10. The van der Waals surface area contributed by atoms with Gasteiger partial charge in [0, 0.05) is 17.1 Å². The minimum atomic E-state index is -0.843. The number of ether oxygens (including phenoxy) is 1. The zero-order valence-electron chi connectivity index (χ0n) is 12.5. The van der Waals surface area contributed by atoms with Gasteiger partial charge in [-0.1, -0.05) is 30.3 Å². The lowest BCUT2D eigenvalue weighted by atomic mass is 9.94. The highest BCUT2D eigenvalue weighted by Gasteiger charge is 2.38. The van der Waals surface area contributed by atoms with Gasteiger partial charge >= 0.3 is 5.97 Å². The van der Waals surface area contributed by atoms with Crippen molar-refractivity contribution in [3.63, 3.8) is 0 Å². The van der Waals surface area contributed by atoms with E-state index in [4.69, 9.17) is 4.74 Å². The Morgan fingerprint density at radius 3 is 2.83 bits per heavy atom. The number of pyridine rings is 1. The van der Waals surface area contributed by atoms with Crippen molar-refractivity contribution in [1.29, 1.82) is 0 Å². The van der Waals surface area contributed by atoms with Gasteiger partial charge in [0.1, 0.15) is 5.92 Å². The molecule has 1 amide bonds. The Labute approximate surface area is 142 Å². The Morgan fingerprint density at radius 2 is 2.13 bits per heavy atom. The molecule has 0 saturated heterocycles. The van der Waals surface area contributed by atoms with Crippen molar-refractivity contribution in [2.45, 2.75) is 13.0 Å². The third-order valence-corrected chi connectivity index (χ3v) is 4.27. The van der Waals surface area contributed by atoms with Crippen LogP contribution >= 0.6 is 15.9 Å². The minimum absolute atomic E-state index is 0.256. The van der Waals surface area contributed by atoms with Gasteiger partial charge in [-0.15, -0.1) is 0 Å². The lowest BCUT2D eigenvalue weighted by Crippen LogP contribution is -2.44. The molecular formula is C17H15BrN2O3. The van der Waals surface area contributed by atoms with Crippen molar-refractivity contribution < 1.29 is 14.3 Å². The van der Waals surface area contributed by atoms with Gasteiger partial charge in [0.05, 0.1) is 25.0 Å². The molecule has 5 nitrogen and oxygen atoms in total. The first-order chi connectivity index (χ1) is 11.1. The van der Waals surface area contributed by atoms with Crippen LogP contribution in [0.5, 0.6) is 0 Å². The van der Waals surface area contributed by atoms with Crippen LogP contribution < -0.4 is 4.90 Å². The lowest BCUT2D eigenvalue weighted by molar-refractivity contribution is -0.149. The zero-order valence-corrected chi connectivity index (χ0v) is 14.1. The van der Waals surface area contributed by atoms with Crippen LogP contribution in [0.4, 0.5) is 5.69 Å². The van der Waals surface area contributed by atoms with Crippen molar-refractivity contribution in [3.8, 4) is 0 Å². The molecule has 1 atom stereocenters. The first kappa shape index (κ1) is 15.7. The molecule has 2 aromatic rings. The molecule has 23 heavy (non-hydrogen) atoms. The SMILES string of the molecule is COC(=O)C1Cc2ncc(Br)cc2N(Cc2ccccc2)C1=O. The summed E-state index contributed by atoms with van der Waals surface area (Å²) in [5.74, 6) is -1.62. The van der Waals surface area contributed by atoms with Crippen LogP contribution in [0.2, 0.25) is 0 Å². The van der Waals surface area contributed by atoms with E-state index in [1.165, 1.54) is 7.11 Å². The van der Waals surface area contributed by atoms with E-state index >= 15 is 0 Å². The number of halogens is 1. The number of nitrogens with zero attached hydrogens (tertiary/aromatic N) is 2. The fourth-order valence-corrected chi connectivity index (χ4v) is 3.01. The summed E-state index contributed by atoms with van der Waals surface area (Å²) in [5.41, 5.74) is 2.44. The molecule has 0 bridgehead atoms. The molecule has 3 rings (SSSR count). The predicted octanol–water partition coefficient (Wildman–Crippen LogP) is 2.72. The number of anilines is 1. The van der Waals surface area contributed by atoms with Crippen LogP contribution in [0.15, 0.2) is 47.1 Å². The van der Waals surface area contributed by atoms with E-state index < -0.39 is 11.9 Å². The van der Waals surface area contributed by atoms with Crippen molar-refractivity contribution in [1.82, 2.24) is 4.98 Å². The number of carbonyl (C=O) groups excluding carboxylic acids is 2. The Balaban J connectivity index is 2.02. The van der Waals surface area contributed by atoms with E-state index in [1.807, 2.05) is 36.4 Å². The Bertz CT molecular complexity index is 749. The van der Waals surface area contributed by atoms with E-state index in [1.54, 1.807) is 11.1 Å². The van der Waals surface area contributed by atoms with Gasteiger partial charge in [0.25, 0.3) is 0 Å². The first-order valence-corrected chi connectivity index (χ1v) is 7.97. The Hall–Kier alpha value is -2.21. The number of rotatable bonds is 3. The smallest absolute Gasteiger partial charge is 0.318 e. The number of carbonyl (C=O) groups is 2. The van der Waals surface area contributed by atoms with Gasteiger partial charge in [-0.3, -0.25) is 14.6 Å². The maximum atomic E-state index is 12.8. The molecular weight excluding hydrogens is 360 g/mol. The molecule has 0 aliphatic carbocycles. The number of fused-ring (bicyclic) bond motifs is 1. The lowest BCUT2D eigenvalue weighted by Gasteiger charge is -2.32. The minimum Gasteiger partial charge on any atom is -0.468 e. The van der Waals surface area contributed by atoms with Gasteiger partial charge < -0.3 is 9.64 Å². The third-order valence-electron chi connectivity index (χ3n) is 3.84. The number of aromatic nitrogens is 1. The van der Waals surface area contributed by atoms with Crippen LogP contribution in [-0.2, 0) is 27.3 Å². The molecule has 0 fully saturated rings. The highest BCUT2D eigenvalue weighted by atomic mass is 79.9. The molecule has 1 aromatic heterocycles. The molecule has 1 aliphatic heterocycles. The number of benzene rings is 1. The third kappa shape index (κ3) is 3.12. The summed E-state index contributed by atoms with van der Waals surface area (Å²) in [5, 5.41) is 0. The van der Waals surface area contributed by atoms with Crippen LogP contribution in [0.1, 0.15) is 11.3 Å². The second kappa shape index (κ2) is 6.50. The first-order valence-electron chi connectivity index (χ1n) is 7.17. The van der Waals surface area contributed by atoms with Crippen molar-refractivity contribution in [3.05, 3.63) is 58.3 Å². The van der Waals surface area contributed by atoms with E-state index in [9.17, 15) is 9.59 Å². The number of hydrogen-bond acceptors (Lipinski definition) is 4. The second-order valence-corrected chi connectivity index (χ2v) is 6.22. The predicted molar refractivity (Wildman–Crippen MR) is 88.8 cm³/mol. The normalized spacial score (nSPS) is 16.9. The standard InChI is InChI=1S/C17H15BrN2O3/c1-23-17(22)13-8-14-15(7-12(18)9-19-14)20(16(13)21)10-11-5-3-2-4-6-11/h2-7,9,13H,8,10H2,1H3. The molecule has 6 heteroatoms. The van der Waals surface area contributed by atoms with Crippen molar-refractivity contribution in [2.24, 2.45) is 5.92 Å². The average molecular weight is 375 g/mol. The van der Waals surface area contributed by atoms with Gasteiger partial charge in [-0.2, -0.15) is 0 Å². The Kier molecular flexibility index (Phi) is 4.43. The van der Waals surface area contributed by atoms with E-state index in [0.717, 1.165) is 21.4 Å². The summed E-state index contributed by atoms with van der Waals surface area (Å²) in [6.45, 7) is 0.387. The van der Waals surface area contributed by atoms with Crippen LogP contribution in [0.3, 0.4) is 0 Å². The van der Waals surface area contributed by atoms with Gasteiger partial charge in [-0.25, -0.2) is 0 Å². The van der Waals surface area contributed by atoms with Crippen LogP contribution in [-0.4, -0.2) is 24.0 Å². The Morgan fingerprint density at radius 1 is 1.39 bits per heavy atom. The maximum absolute atomic E-state index is 12.8. The van der Waals surface area contributed by atoms with Crippen LogP contribution in [0, 0.1) is 5.92 Å². The van der Waals surface area contributed by atoms with Crippen molar-refractivity contribution >= 4 is 33.5 Å². The molecule has 1 aromatic carbocycles. The number of methoxy groups -OCH3 is 1. The molecule has 118 valence electrons. The van der Waals surface area contributed by atoms with Gasteiger partial charge in [0.15, 0.2) is 0 Å². The summed E-state index contributed by atoms with van der Waals surface area (Å²) in [7, 11) is 1.29. The second-order valence-electron chi connectivity index (χ2n) is 5.31. The summed E-state index contributed by atoms with van der Waals surface area (Å²) in [6.07, 6.45) is 1.93. The fraction of sp³-hybridized carbons (Fsp3) is 0.235. The molecule has 2 heterocycles. The van der Waals surface area contributed by atoms with E-state index in [2.05, 4.69) is 20.9 Å². The molecule has 1 unspecified atom stereocenters. The zero-order chi connectivity index (χ0) is 16.4. The fourth-order valence-electron chi connectivity index (χ4n) is 2.69. The number of amides is 1. The molecule has 0 radical (unpaired) electrons. The van der Waals surface area contributed by atoms with Gasteiger partial charge in [-0.05, 0) is 27.6 Å². The van der Waals surface area contributed by atoms with Crippen LogP contribution in [0.25, 0.3) is 0 Å². The molecule has 1 aliphatic rings.